The smallest absolute Gasteiger partial charge is 0.268 e. The average Bonchev–Trinajstić information content (AvgIpc) is 2.97. The van der Waals surface area contributed by atoms with E-state index in [0.717, 1.165) is 32.2 Å². The van der Waals surface area contributed by atoms with Gasteiger partial charge >= 0.3 is 0 Å². The highest BCUT2D eigenvalue weighted by Crippen LogP contribution is 2.24. The Hall–Kier alpha value is -1.38. The lowest BCUT2D eigenvalue weighted by atomic mass is 10.0. The molecule has 2 N–H and O–H groups in total. The summed E-state index contributed by atoms with van der Waals surface area (Å²) in [6, 6.07) is 2.00. The summed E-state index contributed by atoms with van der Waals surface area (Å²) in [5.74, 6) is 0.159. The third kappa shape index (κ3) is 4.13. The molecular weight excluding hydrogens is 352 g/mol. The Morgan fingerprint density at radius 3 is 2.77 bits per heavy atom. The summed E-state index contributed by atoms with van der Waals surface area (Å²) in [6.45, 7) is 6.16. The van der Waals surface area contributed by atoms with Gasteiger partial charge in [-0.3, -0.25) is 4.79 Å². The van der Waals surface area contributed by atoms with Crippen LogP contribution in [0.5, 0.6) is 0 Å². The number of aryl methyl sites for hydroxylation is 1. The Labute approximate surface area is 156 Å². The van der Waals surface area contributed by atoms with Gasteiger partial charge in [0.1, 0.15) is 10.6 Å². The van der Waals surface area contributed by atoms with Gasteiger partial charge in [0.05, 0.1) is 0 Å². The number of sulfonamides is 1. The minimum Gasteiger partial charge on any atom is -0.348 e. The van der Waals surface area contributed by atoms with Crippen molar-refractivity contribution < 1.29 is 13.2 Å². The van der Waals surface area contributed by atoms with E-state index < -0.39 is 10.0 Å². The highest BCUT2D eigenvalue weighted by atomic mass is 32.2. The topological polar surface area (TPSA) is 83.4 Å². The van der Waals surface area contributed by atoms with Crippen LogP contribution < -0.4 is 10.6 Å². The summed E-state index contributed by atoms with van der Waals surface area (Å²) in [4.78, 5) is 12.9. The molecule has 3 unspecified atom stereocenters. The van der Waals surface area contributed by atoms with E-state index in [2.05, 4.69) is 24.5 Å². The van der Waals surface area contributed by atoms with Crippen LogP contribution in [0, 0.1) is 5.92 Å². The first kappa shape index (κ1) is 19.4. The number of carbonyl (C=O) groups excluding carboxylic acids is 1. The molecule has 3 atom stereocenters. The van der Waals surface area contributed by atoms with Gasteiger partial charge in [0.25, 0.3) is 5.91 Å². The van der Waals surface area contributed by atoms with E-state index in [-0.39, 0.29) is 16.8 Å². The minimum absolute atomic E-state index is 0.122. The normalized spacial score (nSPS) is 28.0. The predicted octanol–water partition coefficient (Wildman–Crippen LogP) is 1.32. The van der Waals surface area contributed by atoms with E-state index in [1.165, 1.54) is 6.07 Å². The van der Waals surface area contributed by atoms with E-state index in [1.807, 2.05) is 0 Å². The zero-order chi connectivity index (χ0) is 18.9. The van der Waals surface area contributed by atoms with Gasteiger partial charge < -0.3 is 15.2 Å². The molecule has 146 valence electrons. The van der Waals surface area contributed by atoms with Crippen molar-refractivity contribution >= 4 is 15.9 Å². The Morgan fingerprint density at radius 1 is 1.31 bits per heavy atom. The molecule has 1 amide bonds. The van der Waals surface area contributed by atoms with Crippen LogP contribution in [0.4, 0.5) is 0 Å². The van der Waals surface area contributed by atoms with Crippen molar-refractivity contribution in [1.82, 2.24) is 19.5 Å². The Bertz CT molecular complexity index is 758. The van der Waals surface area contributed by atoms with Gasteiger partial charge in [-0.25, -0.2) is 8.42 Å². The molecular formula is C18H30N4O3S. The van der Waals surface area contributed by atoms with Gasteiger partial charge in [-0.1, -0.05) is 6.92 Å². The maximum Gasteiger partial charge on any atom is 0.268 e. The molecule has 8 heteroatoms. The molecule has 7 nitrogen and oxygen atoms in total. The molecule has 3 rings (SSSR count). The molecule has 0 radical (unpaired) electrons. The van der Waals surface area contributed by atoms with Gasteiger partial charge in [0, 0.05) is 38.4 Å². The molecule has 0 aliphatic carbocycles. The second-order valence-corrected chi connectivity index (χ2v) is 9.77. The lowest BCUT2D eigenvalue weighted by Gasteiger charge is -2.29. The molecule has 1 aromatic rings. The summed E-state index contributed by atoms with van der Waals surface area (Å²) >= 11 is 0. The number of carbonyl (C=O) groups is 1. The first-order chi connectivity index (χ1) is 12.3. The lowest BCUT2D eigenvalue weighted by Crippen LogP contribution is -2.46. The van der Waals surface area contributed by atoms with Crippen molar-refractivity contribution in [3.05, 3.63) is 18.0 Å². The number of amides is 1. The molecule has 3 heterocycles. The van der Waals surface area contributed by atoms with Crippen molar-refractivity contribution in [2.24, 2.45) is 13.0 Å². The average molecular weight is 383 g/mol. The second kappa shape index (κ2) is 7.70. The monoisotopic (exact) mass is 382 g/mol. The zero-order valence-electron chi connectivity index (χ0n) is 15.9. The number of rotatable bonds is 4. The zero-order valence-corrected chi connectivity index (χ0v) is 16.7. The van der Waals surface area contributed by atoms with E-state index in [4.69, 9.17) is 0 Å². The van der Waals surface area contributed by atoms with Gasteiger partial charge in [-0.05, 0) is 51.1 Å². The van der Waals surface area contributed by atoms with E-state index in [9.17, 15) is 13.2 Å². The molecule has 0 saturated carbocycles. The van der Waals surface area contributed by atoms with Crippen LogP contribution in [0.3, 0.4) is 0 Å². The molecule has 26 heavy (non-hydrogen) atoms. The number of nitrogens with one attached hydrogen (secondary N) is 2. The summed E-state index contributed by atoms with van der Waals surface area (Å²) in [6.07, 6.45) is 5.26. The molecule has 2 fully saturated rings. The molecule has 2 saturated heterocycles. The molecule has 0 bridgehead atoms. The van der Waals surface area contributed by atoms with Crippen molar-refractivity contribution in [2.75, 3.05) is 19.6 Å². The van der Waals surface area contributed by atoms with Crippen molar-refractivity contribution in [1.29, 1.82) is 0 Å². The fourth-order valence-corrected chi connectivity index (χ4v) is 5.61. The Balaban J connectivity index is 1.74. The Morgan fingerprint density at radius 2 is 2.08 bits per heavy atom. The van der Waals surface area contributed by atoms with Crippen LogP contribution in [-0.2, 0) is 17.1 Å². The molecule has 2 aliphatic heterocycles. The van der Waals surface area contributed by atoms with E-state index in [1.54, 1.807) is 22.1 Å². The van der Waals surface area contributed by atoms with Gasteiger partial charge in [0.15, 0.2) is 0 Å². The second-order valence-electron chi connectivity index (χ2n) is 7.83. The van der Waals surface area contributed by atoms with Crippen LogP contribution in [0.15, 0.2) is 17.2 Å². The SMILES string of the molecule is CC1CCCN(S(=O)(=O)c2cc(C(=O)NC3CCNC(C)C3)n(C)c2)C1. The predicted molar refractivity (Wildman–Crippen MR) is 101 cm³/mol. The summed E-state index contributed by atoms with van der Waals surface area (Å²) < 4.78 is 29.0. The number of nitrogens with zero attached hydrogens (tertiary/aromatic N) is 2. The number of piperidine rings is 2. The van der Waals surface area contributed by atoms with Crippen LogP contribution in [0.25, 0.3) is 0 Å². The van der Waals surface area contributed by atoms with Gasteiger partial charge in [-0.2, -0.15) is 4.31 Å². The van der Waals surface area contributed by atoms with Crippen molar-refractivity contribution in [3.8, 4) is 0 Å². The van der Waals surface area contributed by atoms with E-state index in [0.29, 0.717) is 30.7 Å². The van der Waals surface area contributed by atoms with Crippen molar-refractivity contribution in [2.45, 2.75) is 56.5 Å². The lowest BCUT2D eigenvalue weighted by molar-refractivity contribution is 0.0917. The first-order valence-corrected chi connectivity index (χ1v) is 10.9. The van der Waals surface area contributed by atoms with Crippen LogP contribution >= 0.6 is 0 Å². The molecule has 0 aromatic carbocycles. The van der Waals surface area contributed by atoms with Gasteiger partial charge in [-0.15, -0.1) is 0 Å². The maximum atomic E-state index is 12.9. The van der Waals surface area contributed by atoms with Crippen molar-refractivity contribution in [3.63, 3.8) is 0 Å². The summed E-state index contributed by atoms with van der Waals surface area (Å²) in [7, 11) is -1.83. The number of hydrogen-bond acceptors (Lipinski definition) is 4. The quantitative estimate of drug-likeness (QED) is 0.823. The fraction of sp³-hybridized carbons (Fsp3) is 0.722. The Kier molecular flexibility index (Phi) is 5.74. The number of aromatic nitrogens is 1. The third-order valence-corrected chi connectivity index (χ3v) is 7.26. The minimum atomic E-state index is -3.55. The first-order valence-electron chi connectivity index (χ1n) is 9.48. The van der Waals surface area contributed by atoms with Gasteiger partial charge in [0.2, 0.25) is 10.0 Å². The summed E-state index contributed by atoms with van der Waals surface area (Å²) in [5, 5.41) is 6.41. The number of hydrogen-bond donors (Lipinski definition) is 2. The molecule has 1 aromatic heterocycles. The van der Waals surface area contributed by atoms with Crippen LogP contribution in [0.1, 0.15) is 50.0 Å². The molecule has 0 spiro atoms. The van der Waals surface area contributed by atoms with E-state index >= 15 is 0 Å². The fourth-order valence-electron chi connectivity index (χ4n) is 3.94. The highest BCUT2D eigenvalue weighted by Gasteiger charge is 2.31. The highest BCUT2D eigenvalue weighted by molar-refractivity contribution is 7.89. The maximum absolute atomic E-state index is 12.9. The van der Waals surface area contributed by atoms with Crippen LogP contribution in [0.2, 0.25) is 0 Å². The molecule has 2 aliphatic rings. The largest absolute Gasteiger partial charge is 0.348 e. The third-order valence-electron chi connectivity index (χ3n) is 5.43. The van der Waals surface area contributed by atoms with Crippen LogP contribution in [-0.4, -0.2) is 54.9 Å². The standard InChI is InChI=1S/C18H30N4O3S/c1-13-5-4-8-22(11-13)26(24,25)16-10-17(21(3)12-16)18(23)20-15-6-7-19-14(2)9-15/h10,12-15,19H,4-9,11H2,1-3H3,(H,20,23). The summed E-state index contributed by atoms with van der Waals surface area (Å²) in [5.41, 5.74) is 0.389.